The number of ether oxygens (including phenoxy) is 1. The molecule has 10 nitrogen and oxygen atoms in total. The molecule has 2 aromatic rings. The van der Waals surface area contributed by atoms with Gasteiger partial charge in [-0.05, 0) is 12.1 Å². The van der Waals surface area contributed by atoms with Crippen molar-refractivity contribution in [3.8, 4) is 0 Å². The molecule has 0 amide bonds. The number of nitrogens with two attached hydrogens (primary N) is 1. The summed E-state index contributed by atoms with van der Waals surface area (Å²) in [5.74, 6) is -1.28. The predicted octanol–water partition coefficient (Wildman–Crippen LogP) is 1.03. The highest BCUT2D eigenvalue weighted by atomic mass is 35.5. The number of carboxylic acids is 1. The summed E-state index contributed by atoms with van der Waals surface area (Å²) < 4.78 is 36.5. The Morgan fingerprint density at radius 3 is 2.68 bits per heavy atom. The molecule has 12 heteroatoms. The van der Waals surface area contributed by atoms with Crippen molar-refractivity contribution in [1.29, 1.82) is 0 Å². The molecule has 3 rings (SSSR count). The fourth-order valence-electron chi connectivity index (χ4n) is 2.98. The van der Waals surface area contributed by atoms with Crippen LogP contribution in [0.4, 0.5) is 5.69 Å². The lowest BCUT2D eigenvalue weighted by Crippen LogP contribution is -2.57. The number of hydrogen-bond acceptors (Lipinski definition) is 6. The van der Waals surface area contributed by atoms with E-state index in [2.05, 4.69) is 19.5 Å². The van der Waals surface area contributed by atoms with Gasteiger partial charge in [0.1, 0.15) is 5.54 Å². The summed E-state index contributed by atoms with van der Waals surface area (Å²) in [5.41, 5.74) is 4.44. The standard InChI is InChI=1S/C16H18ClN5O5S/c17-21-15(18)20-13-9-19-8-10-7-11(1-2-12(10)13)28(25,26)22-16(14(23)24)3-5-27-6-4-16/h1-2,7-9,22H,3-6H2,(H,23,24)(H3,18,20,21). The number of aliphatic carboxylic acids is 1. The van der Waals surface area contributed by atoms with Crippen LogP contribution in [0, 0.1) is 0 Å². The summed E-state index contributed by atoms with van der Waals surface area (Å²) in [6, 6.07) is 4.34. The number of carbonyl (C=O) groups is 1. The van der Waals surface area contributed by atoms with Crippen molar-refractivity contribution in [2.45, 2.75) is 23.3 Å². The molecule has 0 aliphatic carbocycles. The van der Waals surface area contributed by atoms with Gasteiger partial charge in [-0.25, -0.2) is 8.42 Å². The normalized spacial score (nSPS) is 17.4. The summed E-state index contributed by atoms with van der Waals surface area (Å²) in [6.45, 7) is 0.323. The number of rotatable bonds is 5. The molecule has 1 fully saturated rings. The number of guanidine groups is 1. The summed E-state index contributed by atoms with van der Waals surface area (Å²) in [5, 5.41) is 13.5. The molecule has 1 aliphatic rings. The van der Waals surface area contributed by atoms with Crippen molar-refractivity contribution in [3.63, 3.8) is 0 Å². The number of carboxylic acid groups (broad SMARTS) is 1. The summed E-state index contributed by atoms with van der Waals surface area (Å²) in [4.78, 5) is 15.7. The number of halogens is 1. The van der Waals surface area contributed by atoms with Gasteiger partial charge in [-0.3, -0.25) is 9.78 Å². The first-order chi connectivity index (χ1) is 13.3. The Hall–Kier alpha value is -2.47. The van der Waals surface area contributed by atoms with Crippen LogP contribution in [0.5, 0.6) is 0 Å². The van der Waals surface area contributed by atoms with Crippen LogP contribution >= 0.6 is 11.8 Å². The zero-order chi connectivity index (χ0) is 20.4. The molecular formula is C16H18ClN5O5S. The Morgan fingerprint density at radius 2 is 2.04 bits per heavy atom. The molecule has 0 spiro atoms. The quantitative estimate of drug-likeness (QED) is 0.407. The van der Waals surface area contributed by atoms with Crippen LogP contribution in [0.2, 0.25) is 0 Å². The van der Waals surface area contributed by atoms with Crippen LogP contribution in [-0.2, 0) is 19.6 Å². The summed E-state index contributed by atoms with van der Waals surface area (Å²) in [7, 11) is -4.10. The molecule has 0 atom stereocenters. The third-order valence-electron chi connectivity index (χ3n) is 4.48. The minimum atomic E-state index is -4.10. The number of sulfonamides is 1. The van der Waals surface area contributed by atoms with E-state index in [1.165, 1.54) is 24.5 Å². The SMILES string of the molecule is NC(=NCl)Nc1cncc2cc(S(=O)(=O)NC3(C(=O)O)CCOCC3)ccc12. The van der Waals surface area contributed by atoms with Gasteiger partial charge in [-0.1, -0.05) is 6.07 Å². The molecular weight excluding hydrogens is 410 g/mol. The number of hydrogen-bond donors (Lipinski definition) is 4. The second kappa shape index (κ2) is 7.87. The van der Waals surface area contributed by atoms with E-state index in [0.29, 0.717) is 16.5 Å². The van der Waals surface area contributed by atoms with Crippen LogP contribution < -0.4 is 15.8 Å². The summed E-state index contributed by atoms with van der Waals surface area (Å²) in [6.07, 6.45) is 3.06. The highest BCUT2D eigenvalue weighted by Gasteiger charge is 2.43. The molecule has 1 saturated heterocycles. The highest BCUT2D eigenvalue weighted by Crippen LogP contribution is 2.28. The fraction of sp³-hybridized carbons (Fsp3) is 0.312. The van der Waals surface area contributed by atoms with E-state index < -0.39 is 21.5 Å². The smallest absolute Gasteiger partial charge is 0.325 e. The third kappa shape index (κ3) is 4.02. The highest BCUT2D eigenvalue weighted by molar-refractivity contribution is 7.89. The number of nitrogens with one attached hydrogen (secondary N) is 2. The van der Waals surface area contributed by atoms with Gasteiger partial charge in [0.2, 0.25) is 16.0 Å². The second-order valence-corrected chi connectivity index (χ2v) is 8.12. The molecule has 0 unspecified atom stereocenters. The topological polar surface area (TPSA) is 156 Å². The van der Waals surface area contributed by atoms with Crippen LogP contribution in [0.3, 0.4) is 0 Å². The molecule has 1 aromatic carbocycles. The molecule has 0 radical (unpaired) electrons. The van der Waals surface area contributed by atoms with Crippen LogP contribution in [0.25, 0.3) is 10.8 Å². The van der Waals surface area contributed by atoms with Crippen LogP contribution in [-0.4, -0.2) is 49.2 Å². The Morgan fingerprint density at radius 1 is 1.32 bits per heavy atom. The molecule has 1 aromatic heterocycles. The van der Waals surface area contributed by atoms with Crippen molar-refractivity contribution >= 4 is 50.2 Å². The largest absolute Gasteiger partial charge is 0.480 e. The molecule has 0 bridgehead atoms. The minimum absolute atomic E-state index is 0.0435. The van der Waals surface area contributed by atoms with Gasteiger partial charge < -0.3 is 20.9 Å². The Balaban J connectivity index is 1.97. The molecule has 5 N–H and O–H groups in total. The third-order valence-corrected chi connectivity index (χ3v) is 6.20. The Kier molecular flexibility index (Phi) is 5.70. The van der Waals surface area contributed by atoms with E-state index in [1.54, 1.807) is 6.07 Å². The maximum absolute atomic E-state index is 12.9. The van der Waals surface area contributed by atoms with E-state index in [4.69, 9.17) is 22.2 Å². The predicted molar refractivity (Wildman–Crippen MR) is 104 cm³/mol. The van der Waals surface area contributed by atoms with Gasteiger partial charge in [0.25, 0.3) is 0 Å². The van der Waals surface area contributed by atoms with Gasteiger partial charge in [-0.2, -0.15) is 4.72 Å². The fourth-order valence-corrected chi connectivity index (χ4v) is 4.47. The molecule has 28 heavy (non-hydrogen) atoms. The maximum Gasteiger partial charge on any atom is 0.325 e. The van der Waals surface area contributed by atoms with E-state index in [9.17, 15) is 18.3 Å². The Bertz CT molecular complexity index is 1040. The number of nitrogens with zero attached hydrogens (tertiary/aromatic N) is 2. The van der Waals surface area contributed by atoms with E-state index >= 15 is 0 Å². The van der Waals surface area contributed by atoms with Gasteiger partial charge in [0, 0.05) is 54.8 Å². The zero-order valence-electron chi connectivity index (χ0n) is 14.6. The first-order valence-electron chi connectivity index (χ1n) is 8.22. The van der Waals surface area contributed by atoms with Gasteiger partial charge in [-0.15, -0.1) is 4.51 Å². The number of anilines is 1. The average molecular weight is 428 g/mol. The summed E-state index contributed by atoms with van der Waals surface area (Å²) >= 11 is 5.30. The first-order valence-corrected chi connectivity index (χ1v) is 10.0. The lowest BCUT2D eigenvalue weighted by atomic mass is 9.92. The zero-order valence-corrected chi connectivity index (χ0v) is 16.1. The average Bonchev–Trinajstić information content (AvgIpc) is 2.68. The molecule has 1 aliphatic heterocycles. The minimum Gasteiger partial charge on any atom is -0.480 e. The van der Waals surface area contributed by atoms with Crippen molar-refractivity contribution in [2.24, 2.45) is 10.2 Å². The second-order valence-electron chi connectivity index (χ2n) is 6.27. The number of pyridine rings is 1. The van der Waals surface area contributed by atoms with E-state index in [-0.39, 0.29) is 36.9 Å². The van der Waals surface area contributed by atoms with Gasteiger partial charge >= 0.3 is 5.97 Å². The number of aromatic nitrogens is 1. The van der Waals surface area contributed by atoms with Gasteiger partial charge in [0.15, 0.2) is 0 Å². The first kappa shape index (κ1) is 20.3. The van der Waals surface area contributed by atoms with Crippen molar-refractivity contribution < 1.29 is 23.1 Å². The monoisotopic (exact) mass is 427 g/mol. The van der Waals surface area contributed by atoms with E-state index in [1.807, 2.05) is 0 Å². The van der Waals surface area contributed by atoms with E-state index in [0.717, 1.165) is 0 Å². The van der Waals surface area contributed by atoms with Crippen molar-refractivity contribution in [1.82, 2.24) is 9.71 Å². The lowest BCUT2D eigenvalue weighted by molar-refractivity contribution is -0.147. The van der Waals surface area contributed by atoms with Gasteiger partial charge in [0.05, 0.1) is 16.8 Å². The number of benzene rings is 1. The molecule has 2 heterocycles. The molecule has 0 saturated carbocycles. The lowest BCUT2D eigenvalue weighted by Gasteiger charge is -2.33. The molecule has 150 valence electrons. The van der Waals surface area contributed by atoms with Crippen molar-refractivity contribution in [2.75, 3.05) is 18.5 Å². The van der Waals surface area contributed by atoms with Crippen LogP contribution in [0.15, 0.2) is 40.0 Å². The Labute approximate surface area is 165 Å². The van der Waals surface area contributed by atoms with Crippen molar-refractivity contribution in [3.05, 3.63) is 30.6 Å². The van der Waals surface area contributed by atoms with Crippen LogP contribution in [0.1, 0.15) is 12.8 Å². The number of fused-ring (bicyclic) bond motifs is 1. The maximum atomic E-state index is 12.9.